The second kappa shape index (κ2) is 11.0. The summed E-state index contributed by atoms with van der Waals surface area (Å²) in [5, 5.41) is 6.63. The van der Waals surface area contributed by atoms with Gasteiger partial charge >= 0.3 is 0 Å². The van der Waals surface area contributed by atoms with Crippen molar-refractivity contribution in [2.45, 2.75) is 19.8 Å². The number of guanidine groups is 1. The van der Waals surface area contributed by atoms with Gasteiger partial charge in [0, 0.05) is 20.0 Å². The number of halogens is 1. The molecule has 2 N–H and O–H groups in total. The van der Waals surface area contributed by atoms with E-state index in [-0.39, 0.29) is 24.0 Å². The number of ether oxygens (including phenoxy) is 2. The van der Waals surface area contributed by atoms with Crippen LogP contribution in [-0.2, 0) is 12.8 Å². The molecule has 2 aromatic carbocycles. The van der Waals surface area contributed by atoms with Crippen LogP contribution in [0.15, 0.2) is 47.5 Å². The summed E-state index contributed by atoms with van der Waals surface area (Å²) in [7, 11) is 1.78. The first-order chi connectivity index (χ1) is 12.8. The first-order valence-electron chi connectivity index (χ1n) is 9.14. The summed E-state index contributed by atoms with van der Waals surface area (Å²) >= 11 is 0. The minimum absolute atomic E-state index is 0. The van der Waals surface area contributed by atoms with Crippen LogP contribution in [0.25, 0.3) is 0 Å². The SMILES string of the molecule is CN=C(NCCOc1ccccc1C)NCCc1ccc2c(c1)CCO2.I. The zero-order valence-electron chi connectivity index (χ0n) is 16.0. The predicted molar refractivity (Wildman–Crippen MR) is 121 cm³/mol. The molecule has 0 saturated heterocycles. The lowest BCUT2D eigenvalue weighted by atomic mass is 10.1. The molecule has 1 aliphatic rings. The maximum Gasteiger partial charge on any atom is 0.191 e. The van der Waals surface area contributed by atoms with E-state index in [1.54, 1.807) is 7.05 Å². The number of nitrogens with zero attached hydrogens (tertiary/aromatic N) is 1. The van der Waals surface area contributed by atoms with E-state index in [4.69, 9.17) is 9.47 Å². The molecule has 0 aliphatic carbocycles. The molecule has 5 nitrogen and oxygen atoms in total. The van der Waals surface area contributed by atoms with Gasteiger partial charge < -0.3 is 20.1 Å². The Morgan fingerprint density at radius 3 is 2.78 bits per heavy atom. The number of hydrogen-bond donors (Lipinski definition) is 2. The highest BCUT2D eigenvalue weighted by Gasteiger charge is 2.11. The van der Waals surface area contributed by atoms with Gasteiger partial charge in [0.2, 0.25) is 0 Å². The van der Waals surface area contributed by atoms with Gasteiger partial charge in [0.1, 0.15) is 18.1 Å². The Labute approximate surface area is 178 Å². The van der Waals surface area contributed by atoms with Crippen LogP contribution >= 0.6 is 24.0 Å². The van der Waals surface area contributed by atoms with Crippen molar-refractivity contribution in [1.82, 2.24) is 10.6 Å². The van der Waals surface area contributed by atoms with E-state index in [9.17, 15) is 0 Å². The number of benzene rings is 2. The average molecular weight is 481 g/mol. The zero-order chi connectivity index (χ0) is 18.2. The first kappa shape index (κ1) is 21.3. The molecule has 0 fully saturated rings. The van der Waals surface area contributed by atoms with E-state index in [0.717, 1.165) is 49.0 Å². The Bertz CT molecular complexity index is 765. The summed E-state index contributed by atoms with van der Waals surface area (Å²) in [6.45, 7) is 4.98. The first-order valence-corrected chi connectivity index (χ1v) is 9.14. The Morgan fingerprint density at radius 1 is 1.15 bits per heavy atom. The highest BCUT2D eigenvalue weighted by Crippen LogP contribution is 2.25. The van der Waals surface area contributed by atoms with Crippen LogP contribution in [0.5, 0.6) is 11.5 Å². The van der Waals surface area contributed by atoms with E-state index < -0.39 is 0 Å². The van der Waals surface area contributed by atoms with Gasteiger partial charge in [0.05, 0.1) is 13.2 Å². The molecule has 0 unspecified atom stereocenters. The quantitative estimate of drug-likeness (QED) is 0.276. The number of fused-ring (bicyclic) bond motifs is 1. The lowest BCUT2D eigenvalue weighted by Gasteiger charge is -2.13. The van der Waals surface area contributed by atoms with E-state index in [1.807, 2.05) is 31.2 Å². The third-order valence-corrected chi connectivity index (χ3v) is 4.43. The lowest BCUT2D eigenvalue weighted by Crippen LogP contribution is -2.40. The molecule has 0 amide bonds. The van der Waals surface area contributed by atoms with E-state index in [1.165, 1.54) is 11.1 Å². The van der Waals surface area contributed by atoms with Crippen LogP contribution in [0.2, 0.25) is 0 Å². The number of nitrogens with one attached hydrogen (secondary N) is 2. The monoisotopic (exact) mass is 481 g/mol. The van der Waals surface area contributed by atoms with Crippen molar-refractivity contribution in [2.24, 2.45) is 4.99 Å². The van der Waals surface area contributed by atoms with Crippen molar-refractivity contribution in [3.05, 3.63) is 59.2 Å². The van der Waals surface area contributed by atoms with Gasteiger partial charge in [-0.05, 0) is 42.2 Å². The van der Waals surface area contributed by atoms with Gasteiger partial charge in [-0.25, -0.2) is 0 Å². The van der Waals surface area contributed by atoms with Crippen molar-refractivity contribution in [1.29, 1.82) is 0 Å². The van der Waals surface area contributed by atoms with Crippen molar-refractivity contribution < 1.29 is 9.47 Å². The van der Waals surface area contributed by atoms with Gasteiger partial charge in [0.25, 0.3) is 0 Å². The van der Waals surface area contributed by atoms with Crippen LogP contribution in [0.4, 0.5) is 0 Å². The summed E-state index contributed by atoms with van der Waals surface area (Å²) < 4.78 is 11.3. The Balaban J connectivity index is 0.00000261. The molecule has 1 heterocycles. The molecule has 0 radical (unpaired) electrons. The molecular formula is C21H28IN3O2. The molecule has 27 heavy (non-hydrogen) atoms. The van der Waals surface area contributed by atoms with Crippen molar-refractivity contribution in [3.63, 3.8) is 0 Å². The fourth-order valence-corrected chi connectivity index (χ4v) is 2.99. The summed E-state index contributed by atoms with van der Waals surface area (Å²) in [4.78, 5) is 4.26. The summed E-state index contributed by atoms with van der Waals surface area (Å²) in [6.07, 6.45) is 1.97. The Kier molecular flexibility index (Phi) is 8.71. The third kappa shape index (κ3) is 6.30. The van der Waals surface area contributed by atoms with Gasteiger partial charge in [-0.2, -0.15) is 0 Å². The average Bonchev–Trinajstić information content (AvgIpc) is 3.13. The number of para-hydroxylation sites is 1. The lowest BCUT2D eigenvalue weighted by molar-refractivity contribution is 0.320. The van der Waals surface area contributed by atoms with E-state index in [0.29, 0.717) is 13.2 Å². The molecular weight excluding hydrogens is 453 g/mol. The minimum atomic E-state index is 0. The molecule has 3 rings (SSSR count). The normalized spacial score (nSPS) is 12.6. The Morgan fingerprint density at radius 2 is 1.96 bits per heavy atom. The maximum atomic E-state index is 5.79. The maximum absolute atomic E-state index is 5.79. The van der Waals surface area contributed by atoms with Gasteiger partial charge in [0.15, 0.2) is 5.96 Å². The molecule has 146 valence electrons. The van der Waals surface area contributed by atoms with Crippen molar-refractivity contribution >= 4 is 29.9 Å². The van der Waals surface area contributed by atoms with E-state index >= 15 is 0 Å². The van der Waals surface area contributed by atoms with Gasteiger partial charge in [-0.3, -0.25) is 4.99 Å². The third-order valence-electron chi connectivity index (χ3n) is 4.43. The highest BCUT2D eigenvalue weighted by atomic mass is 127. The standard InChI is InChI=1S/C21H27N3O2.HI/c1-16-5-3-4-6-19(16)26-14-12-24-21(22-2)23-11-9-17-7-8-20-18(15-17)10-13-25-20;/h3-8,15H,9-14H2,1-2H3,(H2,22,23,24);1H. The second-order valence-electron chi connectivity index (χ2n) is 6.33. The topological polar surface area (TPSA) is 54.9 Å². The van der Waals surface area contributed by atoms with E-state index in [2.05, 4.69) is 33.8 Å². The molecule has 0 bridgehead atoms. The number of aryl methyl sites for hydroxylation is 1. The molecule has 0 saturated carbocycles. The molecule has 0 atom stereocenters. The fraction of sp³-hybridized carbons (Fsp3) is 0.381. The number of hydrogen-bond acceptors (Lipinski definition) is 3. The van der Waals surface area contributed by atoms with Crippen molar-refractivity contribution in [2.75, 3.05) is 33.4 Å². The zero-order valence-corrected chi connectivity index (χ0v) is 18.3. The fourth-order valence-electron chi connectivity index (χ4n) is 2.99. The molecule has 0 spiro atoms. The summed E-state index contributed by atoms with van der Waals surface area (Å²) in [5.74, 6) is 2.76. The summed E-state index contributed by atoms with van der Waals surface area (Å²) in [6, 6.07) is 14.5. The molecule has 1 aliphatic heterocycles. The molecule has 2 aromatic rings. The predicted octanol–water partition coefficient (Wildman–Crippen LogP) is 3.33. The van der Waals surface area contributed by atoms with Gasteiger partial charge in [-0.1, -0.05) is 30.3 Å². The highest BCUT2D eigenvalue weighted by molar-refractivity contribution is 14.0. The van der Waals surface area contributed by atoms with Crippen LogP contribution in [0.3, 0.4) is 0 Å². The van der Waals surface area contributed by atoms with Crippen LogP contribution in [0.1, 0.15) is 16.7 Å². The van der Waals surface area contributed by atoms with Crippen LogP contribution in [-0.4, -0.2) is 39.3 Å². The number of rotatable bonds is 7. The molecule has 6 heteroatoms. The largest absolute Gasteiger partial charge is 0.493 e. The van der Waals surface area contributed by atoms with Crippen LogP contribution in [0, 0.1) is 6.92 Å². The second-order valence-corrected chi connectivity index (χ2v) is 6.33. The van der Waals surface area contributed by atoms with Gasteiger partial charge in [-0.15, -0.1) is 24.0 Å². The summed E-state index contributed by atoms with van der Waals surface area (Å²) in [5.41, 5.74) is 3.79. The number of aliphatic imine (C=N–C) groups is 1. The minimum Gasteiger partial charge on any atom is -0.493 e. The smallest absolute Gasteiger partial charge is 0.191 e. The van der Waals surface area contributed by atoms with Crippen LogP contribution < -0.4 is 20.1 Å². The Hall–Kier alpha value is -1.96. The molecule has 0 aromatic heterocycles. The van der Waals surface area contributed by atoms with Crippen molar-refractivity contribution in [3.8, 4) is 11.5 Å².